The highest BCUT2D eigenvalue weighted by Crippen LogP contribution is 2.34. The molecule has 2 rings (SSSR count). The molecular formula is C11H18N2O3. The summed E-state index contributed by atoms with van der Waals surface area (Å²) >= 11 is 0. The van der Waals surface area contributed by atoms with Gasteiger partial charge in [0.2, 0.25) is 0 Å². The van der Waals surface area contributed by atoms with Gasteiger partial charge in [-0.3, -0.25) is 14.5 Å². The summed E-state index contributed by atoms with van der Waals surface area (Å²) in [5, 5.41) is 0. The molecule has 0 radical (unpaired) electrons. The molecular weight excluding hydrogens is 208 g/mol. The molecule has 90 valence electrons. The molecule has 0 aromatic rings. The van der Waals surface area contributed by atoms with Gasteiger partial charge in [-0.25, -0.2) is 0 Å². The first-order chi connectivity index (χ1) is 7.69. The lowest BCUT2D eigenvalue weighted by molar-refractivity contribution is -0.167. The molecule has 1 saturated heterocycles. The third kappa shape index (κ3) is 1.85. The maximum Gasteiger partial charge on any atom is 0.255 e. The van der Waals surface area contributed by atoms with Gasteiger partial charge in [-0.05, 0) is 12.8 Å². The van der Waals surface area contributed by atoms with Crippen molar-refractivity contribution in [1.29, 1.82) is 0 Å². The van der Waals surface area contributed by atoms with Crippen molar-refractivity contribution < 1.29 is 14.3 Å². The van der Waals surface area contributed by atoms with E-state index < -0.39 is 5.54 Å². The van der Waals surface area contributed by atoms with Crippen molar-refractivity contribution in [3.8, 4) is 0 Å². The molecule has 0 atom stereocenters. The van der Waals surface area contributed by atoms with Gasteiger partial charge < -0.3 is 10.5 Å². The summed E-state index contributed by atoms with van der Waals surface area (Å²) in [6, 6.07) is 0. The number of ether oxygens (including phenoxy) is 1. The lowest BCUT2D eigenvalue weighted by Crippen LogP contribution is -2.63. The van der Waals surface area contributed by atoms with E-state index in [0.29, 0.717) is 6.54 Å². The van der Waals surface area contributed by atoms with Crippen LogP contribution in [0.15, 0.2) is 0 Å². The highest BCUT2D eigenvalue weighted by atomic mass is 16.5. The van der Waals surface area contributed by atoms with Crippen LogP contribution in [0, 0.1) is 0 Å². The van der Waals surface area contributed by atoms with Crippen molar-refractivity contribution in [2.45, 2.75) is 37.6 Å². The van der Waals surface area contributed by atoms with Crippen molar-refractivity contribution in [2.24, 2.45) is 5.73 Å². The van der Waals surface area contributed by atoms with Crippen LogP contribution in [-0.2, 0) is 14.3 Å². The quantitative estimate of drug-likeness (QED) is 0.674. The van der Waals surface area contributed by atoms with Gasteiger partial charge in [-0.2, -0.15) is 0 Å². The van der Waals surface area contributed by atoms with Crippen molar-refractivity contribution in [3.63, 3.8) is 0 Å². The molecule has 0 bridgehead atoms. The van der Waals surface area contributed by atoms with Crippen LogP contribution in [0.3, 0.4) is 0 Å². The Morgan fingerprint density at radius 3 is 2.19 bits per heavy atom. The highest BCUT2D eigenvalue weighted by molar-refractivity contribution is 5.99. The van der Waals surface area contributed by atoms with Gasteiger partial charge in [0.05, 0.1) is 5.54 Å². The Hall–Kier alpha value is -0.940. The first-order valence-corrected chi connectivity index (χ1v) is 5.83. The zero-order chi connectivity index (χ0) is 11.6. The minimum absolute atomic E-state index is 0.00743. The smallest absolute Gasteiger partial charge is 0.255 e. The van der Waals surface area contributed by atoms with Gasteiger partial charge >= 0.3 is 0 Å². The molecule has 0 aromatic heterocycles. The fourth-order valence-electron chi connectivity index (χ4n) is 2.75. The van der Waals surface area contributed by atoms with Gasteiger partial charge in [0.1, 0.15) is 13.2 Å². The lowest BCUT2D eigenvalue weighted by atomic mass is 9.80. The Morgan fingerprint density at radius 1 is 1.12 bits per heavy atom. The van der Waals surface area contributed by atoms with E-state index in [2.05, 4.69) is 0 Å². The maximum absolute atomic E-state index is 11.8. The number of carbonyl (C=O) groups is 2. The molecule has 2 aliphatic rings. The molecule has 16 heavy (non-hydrogen) atoms. The van der Waals surface area contributed by atoms with Crippen LogP contribution in [0.5, 0.6) is 0 Å². The number of nitrogens with zero attached hydrogens (tertiary/aromatic N) is 1. The van der Waals surface area contributed by atoms with E-state index in [-0.39, 0.29) is 25.0 Å². The van der Waals surface area contributed by atoms with E-state index in [1.54, 1.807) is 0 Å². The largest absolute Gasteiger partial charge is 0.362 e. The summed E-state index contributed by atoms with van der Waals surface area (Å²) in [5.74, 6) is -0.466. The number of hydrogen-bond donors (Lipinski definition) is 1. The molecule has 2 amide bonds. The molecule has 0 spiro atoms. The number of carbonyl (C=O) groups excluding carboxylic acids is 2. The van der Waals surface area contributed by atoms with Crippen molar-refractivity contribution in [2.75, 3.05) is 19.8 Å². The molecule has 0 aromatic carbocycles. The van der Waals surface area contributed by atoms with E-state index >= 15 is 0 Å². The fourth-order valence-corrected chi connectivity index (χ4v) is 2.75. The normalized spacial score (nSPS) is 25.9. The van der Waals surface area contributed by atoms with Crippen LogP contribution in [-0.4, -0.2) is 42.0 Å². The summed E-state index contributed by atoms with van der Waals surface area (Å²) in [6.07, 6.45) is 4.90. The first-order valence-electron chi connectivity index (χ1n) is 5.83. The summed E-state index contributed by atoms with van der Waals surface area (Å²) in [6.45, 7) is 0.380. The van der Waals surface area contributed by atoms with Crippen LogP contribution in [0.1, 0.15) is 32.1 Å². The second-order valence-electron chi connectivity index (χ2n) is 4.60. The summed E-state index contributed by atoms with van der Waals surface area (Å²) in [7, 11) is 0. The molecule has 2 N–H and O–H groups in total. The van der Waals surface area contributed by atoms with Crippen molar-refractivity contribution >= 4 is 11.8 Å². The average molecular weight is 226 g/mol. The summed E-state index contributed by atoms with van der Waals surface area (Å²) in [5.41, 5.74) is 5.37. The Morgan fingerprint density at radius 2 is 1.69 bits per heavy atom. The number of amides is 2. The molecule has 1 aliphatic carbocycles. The summed E-state index contributed by atoms with van der Waals surface area (Å²) < 4.78 is 4.92. The van der Waals surface area contributed by atoms with Gasteiger partial charge in [0, 0.05) is 6.54 Å². The van der Waals surface area contributed by atoms with Crippen LogP contribution in [0.25, 0.3) is 0 Å². The predicted molar refractivity (Wildman–Crippen MR) is 57.5 cm³/mol. The predicted octanol–water partition coefficient (Wildman–Crippen LogP) is 0.0334. The second kappa shape index (κ2) is 4.51. The SMILES string of the molecule is NCC1(N2C(=O)COCC2=O)CCCCC1. The van der Waals surface area contributed by atoms with Crippen LogP contribution >= 0.6 is 0 Å². The van der Waals surface area contributed by atoms with Crippen LogP contribution < -0.4 is 5.73 Å². The zero-order valence-corrected chi connectivity index (χ0v) is 9.41. The zero-order valence-electron chi connectivity index (χ0n) is 9.41. The van der Waals surface area contributed by atoms with E-state index in [1.807, 2.05) is 0 Å². The number of nitrogens with two attached hydrogens (primary N) is 1. The topological polar surface area (TPSA) is 72.6 Å². The fraction of sp³-hybridized carbons (Fsp3) is 0.818. The van der Waals surface area contributed by atoms with Gasteiger partial charge in [0.25, 0.3) is 11.8 Å². The third-order valence-corrected chi connectivity index (χ3v) is 3.59. The molecule has 2 fully saturated rings. The van der Waals surface area contributed by atoms with Crippen molar-refractivity contribution in [3.05, 3.63) is 0 Å². The average Bonchev–Trinajstić information content (AvgIpc) is 2.30. The number of morpholine rings is 1. The molecule has 0 unspecified atom stereocenters. The third-order valence-electron chi connectivity index (χ3n) is 3.59. The first kappa shape index (κ1) is 11.5. The standard InChI is InChI=1S/C11H18N2O3/c12-8-11(4-2-1-3-5-11)13-9(14)6-16-7-10(13)15/h1-8,12H2. The minimum Gasteiger partial charge on any atom is -0.362 e. The molecule has 5 nitrogen and oxygen atoms in total. The van der Waals surface area contributed by atoms with E-state index in [1.165, 1.54) is 4.90 Å². The molecule has 1 heterocycles. The van der Waals surface area contributed by atoms with E-state index in [0.717, 1.165) is 32.1 Å². The Kier molecular flexibility index (Phi) is 3.25. The Bertz CT molecular complexity index is 282. The second-order valence-corrected chi connectivity index (χ2v) is 4.60. The highest BCUT2D eigenvalue weighted by Gasteiger charge is 2.44. The minimum atomic E-state index is -0.434. The van der Waals surface area contributed by atoms with E-state index in [9.17, 15) is 9.59 Å². The number of rotatable bonds is 2. The Labute approximate surface area is 94.9 Å². The molecule has 5 heteroatoms. The van der Waals surface area contributed by atoms with Crippen LogP contribution in [0.2, 0.25) is 0 Å². The van der Waals surface area contributed by atoms with Crippen LogP contribution in [0.4, 0.5) is 0 Å². The number of imide groups is 1. The number of hydrogen-bond acceptors (Lipinski definition) is 4. The monoisotopic (exact) mass is 226 g/mol. The van der Waals surface area contributed by atoms with Gasteiger partial charge in [-0.1, -0.05) is 19.3 Å². The molecule has 1 aliphatic heterocycles. The van der Waals surface area contributed by atoms with Gasteiger partial charge in [0.15, 0.2) is 0 Å². The molecule has 1 saturated carbocycles. The maximum atomic E-state index is 11.8. The van der Waals surface area contributed by atoms with Gasteiger partial charge in [-0.15, -0.1) is 0 Å². The Balaban J connectivity index is 2.23. The lowest BCUT2D eigenvalue weighted by Gasteiger charge is -2.45. The van der Waals surface area contributed by atoms with Crippen molar-refractivity contribution in [1.82, 2.24) is 4.90 Å². The van der Waals surface area contributed by atoms with E-state index in [4.69, 9.17) is 10.5 Å². The summed E-state index contributed by atoms with van der Waals surface area (Å²) in [4.78, 5) is 25.0.